The number of benzene rings is 2. The summed E-state index contributed by atoms with van der Waals surface area (Å²) < 4.78 is 12.2. The minimum Gasteiger partial charge on any atom is -0.494 e. The molecule has 0 atom stereocenters. The van der Waals surface area contributed by atoms with Crippen LogP contribution in [0.15, 0.2) is 48.5 Å². The van der Waals surface area contributed by atoms with Crippen LogP contribution in [0, 0.1) is 11.8 Å². The summed E-state index contributed by atoms with van der Waals surface area (Å²) >= 11 is 8.98. The first-order valence-electron chi connectivity index (χ1n) is 18.1. The highest BCUT2D eigenvalue weighted by Gasteiger charge is 2.58. The van der Waals surface area contributed by atoms with Gasteiger partial charge in [-0.15, -0.1) is 47.0 Å². The molecule has 2 nitrogen and oxygen atoms in total. The Hall–Kier alpha value is -0.560. The molecule has 0 unspecified atom stereocenters. The Labute approximate surface area is 293 Å². The predicted octanol–water partition coefficient (Wildman–Crippen LogP) is 12.8. The molecule has 2 aromatic rings. The Morgan fingerprint density at radius 3 is 1.27 bits per heavy atom. The molecule has 6 heteroatoms. The Balaban J connectivity index is 1.64. The average Bonchev–Trinajstić information content (AvgIpc) is 3.09. The highest BCUT2D eigenvalue weighted by Crippen LogP contribution is 2.72. The van der Waals surface area contributed by atoms with E-state index < -0.39 is 0 Å². The number of ether oxygens (including phenoxy) is 2. The molecule has 0 bridgehead atoms. The van der Waals surface area contributed by atoms with E-state index in [9.17, 15) is 0 Å². The van der Waals surface area contributed by atoms with Crippen LogP contribution in [-0.2, 0) is 8.16 Å². The zero-order valence-electron chi connectivity index (χ0n) is 28.7. The fraction of sp³-hybridized carbons (Fsp3) is 0.692. The molecule has 0 aromatic heterocycles. The molecule has 0 amide bonds. The molecule has 4 rings (SSSR count). The molecule has 2 aliphatic heterocycles. The molecule has 2 saturated heterocycles. The van der Waals surface area contributed by atoms with E-state index >= 15 is 0 Å². The molecule has 2 fully saturated rings. The largest absolute Gasteiger partial charge is 0.494 e. The van der Waals surface area contributed by atoms with Gasteiger partial charge in [-0.1, -0.05) is 110 Å². The third-order valence-corrected chi connectivity index (χ3v) is 17.5. The fourth-order valence-corrected chi connectivity index (χ4v) is 15.0. The number of thioether (sulfide) groups is 4. The molecule has 45 heavy (non-hydrogen) atoms. The van der Waals surface area contributed by atoms with Gasteiger partial charge in [0.25, 0.3) is 0 Å². The Morgan fingerprint density at radius 2 is 0.867 bits per heavy atom. The van der Waals surface area contributed by atoms with E-state index in [1.807, 2.05) is 0 Å². The first kappa shape index (κ1) is 37.3. The highest BCUT2D eigenvalue weighted by atomic mass is 32.2. The van der Waals surface area contributed by atoms with Gasteiger partial charge in [0.2, 0.25) is 0 Å². The quantitative estimate of drug-likeness (QED) is 0.128. The van der Waals surface area contributed by atoms with Gasteiger partial charge >= 0.3 is 0 Å². The molecule has 0 radical (unpaired) electrons. The molecular weight excluding hydrogens is 629 g/mol. The molecule has 0 spiro atoms. The third-order valence-electron chi connectivity index (χ3n) is 9.21. The van der Waals surface area contributed by atoms with E-state index in [1.165, 1.54) is 98.3 Å². The van der Waals surface area contributed by atoms with Crippen LogP contribution in [0.3, 0.4) is 0 Å². The first-order chi connectivity index (χ1) is 22.1. The molecule has 0 aliphatic carbocycles. The Bertz CT molecular complexity index is 1060. The summed E-state index contributed by atoms with van der Waals surface area (Å²) in [7, 11) is 0. The van der Waals surface area contributed by atoms with Gasteiger partial charge in [0, 0.05) is 0 Å². The van der Waals surface area contributed by atoms with Crippen LogP contribution in [0.2, 0.25) is 0 Å². The van der Waals surface area contributed by atoms with E-state index in [0.717, 1.165) is 55.8 Å². The van der Waals surface area contributed by atoms with Gasteiger partial charge in [0.15, 0.2) is 0 Å². The lowest BCUT2D eigenvalue weighted by molar-refractivity contribution is 0.304. The number of hydrogen-bond acceptors (Lipinski definition) is 6. The standard InChI is InChI=1S/C39H60O2S4/c1-5-9-13-14-15-27-41-37-24-20-35(21-25-37)39(44-30-33(31-45-39)17-11-7-3)38(42-28-32(29-43-38)16-10-6-2)34-18-22-36(23-19-34)40-26-12-8-4/h18-25,32-33H,5-17,26-31H2,1-4H3. The zero-order chi connectivity index (χ0) is 31.8. The number of unbranched alkanes of at least 4 members (excludes halogenated alkanes) is 7. The maximum atomic E-state index is 6.25. The second-order valence-electron chi connectivity index (χ2n) is 13.0. The van der Waals surface area contributed by atoms with Crippen molar-refractivity contribution >= 4 is 47.0 Å². The molecule has 2 aliphatic rings. The smallest absolute Gasteiger partial charge is 0.119 e. The van der Waals surface area contributed by atoms with E-state index in [0.29, 0.717) is 0 Å². The maximum Gasteiger partial charge on any atom is 0.119 e. The predicted molar refractivity (Wildman–Crippen MR) is 207 cm³/mol. The molecule has 252 valence electrons. The number of hydrogen-bond donors (Lipinski definition) is 0. The van der Waals surface area contributed by atoms with Gasteiger partial charge in [0.1, 0.15) is 19.7 Å². The summed E-state index contributed by atoms with van der Waals surface area (Å²) in [4.78, 5) is 0. The second-order valence-corrected chi connectivity index (χ2v) is 18.5. The SMILES string of the molecule is CCCCCCCOc1ccc(C2(C3(c4ccc(OCCCC)cc4)SCC(CCCC)CS3)SCC(CCCC)CS2)cc1. The second kappa shape index (κ2) is 20.1. The van der Waals surface area contributed by atoms with Crippen LogP contribution in [0.25, 0.3) is 0 Å². The molecule has 0 N–H and O–H groups in total. The van der Waals surface area contributed by atoms with Crippen LogP contribution in [0.1, 0.15) is 122 Å². The summed E-state index contributed by atoms with van der Waals surface area (Å²) in [5, 5.41) is 0. The Kier molecular flexibility index (Phi) is 16.6. The summed E-state index contributed by atoms with van der Waals surface area (Å²) in [5.74, 6) is 8.57. The minimum absolute atomic E-state index is 0.0651. The van der Waals surface area contributed by atoms with Crippen molar-refractivity contribution in [1.29, 1.82) is 0 Å². The zero-order valence-corrected chi connectivity index (χ0v) is 31.9. The van der Waals surface area contributed by atoms with Crippen molar-refractivity contribution in [3.05, 3.63) is 59.7 Å². The molecule has 2 heterocycles. The highest BCUT2D eigenvalue weighted by molar-refractivity contribution is 8.24. The van der Waals surface area contributed by atoms with Gasteiger partial charge in [-0.05, 0) is 95.9 Å². The lowest BCUT2D eigenvalue weighted by atomic mass is 10.0. The summed E-state index contributed by atoms with van der Waals surface area (Å²) in [5.41, 5.74) is 2.91. The summed E-state index contributed by atoms with van der Waals surface area (Å²) in [6.07, 6.45) is 16.6. The molecular formula is C39H60O2S4. The average molecular weight is 689 g/mol. The third kappa shape index (κ3) is 10.2. The van der Waals surface area contributed by atoms with Crippen molar-refractivity contribution in [1.82, 2.24) is 0 Å². The fourth-order valence-electron chi connectivity index (χ4n) is 6.30. The Morgan fingerprint density at radius 1 is 0.489 bits per heavy atom. The van der Waals surface area contributed by atoms with Crippen LogP contribution in [-0.4, -0.2) is 36.2 Å². The lowest BCUT2D eigenvalue weighted by Crippen LogP contribution is -2.46. The van der Waals surface area contributed by atoms with Crippen LogP contribution in [0.5, 0.6) is 11.5 Å². The monoisotopic (exact) mass is 688 g/mol. The van der Waals surface area contributed by atoms with Crippen molar-refractivity contribution in [3.8, 4) is 11.5 Å². The van der Waals surface area contributed by atoms with Crippen LogP contribution in [0.4, 0.5) is 0 Å². The van der Waals surface area contributed by atoms with E-state index in [-0.39, 0.29) is 8.16 Å². The van der Waals surface area contributed by atoms with Crippen LogP contribution < -0.4 is 9.47 Å². The van der Waals surface area contributed by atoms with Crippen LogP contribution >= 0.6 is 47.0 Å². The van der Waals surface area contributed by atoms with Gasteiger partial charge in [0.05, 0.1) is 13.2 Å². The van der Waals surface area contributed by atoms with Crippen molar-refractivity contribution < 1.29 is 9.47 Å². The summed E-state index contributed by atoms with van der Waals surface area (Å²) in [6.45, 7) is 10.8. The number of rotatable bonds is 20. The van der Waals surface area contributed by atoms with Gasteiger partial charge < -0.3 is 9.47 Å². The molecule has 0 saturated carbocycles. The maximum absolute atomic E-state index is 6.25. The topological polar surface area (TPSA) is 18.5 Å². The minimum atomic E-state index is -0.0654. The van der Waals surface area contributed by atoms with Gasteiger partial charge in [-0.2, -0.15) is 0 Å². The summed E-state index contributed by atoms with van der Waals surface area (Å²) in [6, 6.07) is 18.6. The van der Waals surface area contributed by atoms with E-state index in [4.69, 9.17) is 9.47 Å². The van der Waals surface area contributed by atoms with Crippen molar-refractivity contribution in [2.45, 2.75) is 119 Å². The lowest BCUT2D eigenvalue weighted by Gasteiger charge is -2.54. The van der Waals surface area contributed by atoms with Crippen molar-refractivity contribution in [2.24, 2.45) is 11.8 Å². The van der Waals surface area contributed by atoms with Gasteiger partial charge in [-0.3, -0.25) is 0 Å². The van der Waals surface area contributed by atoms with Crippen molar-refractivity contribution in [2.75, 3.05) is 36.2 Å². The van der Waals surface area contributed by atoms with E-state index in [1.54, 1.807) is 0 Å². The first-order valence-corrected chi connectivity index (χ1v) is 22.1. The van der Waals surface area contributed by atoms with Gasteiger partial charge in [-0.25, -0.2) is 0 Å². The molecule has 2 aromatic carbocycles. The van der Waals surface area contributed by atoms with E-state index in [2.05, 4.69) is 123 Å². The normalized spacial score (nSPS) is 25.2. The van der Waals surface area contributed by atoms with Crippen molar-refractivity contribution in [3.63, 3.8) is 0 Å².